The van der Waals surface area contributed by atoms with Crippen molar-refractivity contribution in [1.29, 1.82) is 0 Å². The van der Waals surface area contributed by atoms with Gasteiger partial charge in [-0.25, -0.2) is 4.98 Å². The van der Waals surface area contributed by atoms with Crippen LogP contribution < -0.4 is 16.6 Å². The van der Waals surface area contributed by atoms with E-state index >= 15 is 0 Å². The van der Waals surface area contributed by atoms with Gasteiger partial charge in [-0.2, -0.15) is 0 Å². The minimum atomic E-state index is -1.23. The first-order valence-corrected chi connectivity index (χ1v) is 9.10. The Balaban J connectivity index is 2.04. The van der Waals surface area contributed by atoms with Crippen LogP contribution in [0.2, 0.25) is 0 Å². The van der Waals surface area contributed by atoms with Crippen molar-refractivity contribution < 1.29 is 14.7 Å². The Bertz CT molecular complexity index is 1140. The summed E-state index contributed by atoms with van der Waals surface area (Å²) >= 11 is 3.25. The monoisotopic (exact) mass is 444 g/mol. The van der Waals surface area contributed by atoms with Gasteiger partial charge >= 0.3 is 5.97 Å². The highest BCUT2D eigenvalue weighted by atomic mass is 79.9. The van der Waals surface area contributed by atoms with Gasteiger partial charge in [0.25, 0.3) is 11.5 Å². The number of rotatable bonds is 5. The van der Waals surface area contributed by atoms with E-state index in [-0.39, 0.29) is 23.4 Å². The number of carbonyl (C=O) groups is 2. The maximum Gasteiger partial charge on any atom is 0.323 e. The summed E-state index contributed by atoms with van der Waals surface area (Å²) < 4.78 is 1.41. The number of aryl methyl sites for hydroxylation is 1. The van der Waals surface area contributed by atoms with Gasteiger partial charge in [-0.1, -0.05) is 29.8 Å². The highest BCUT2D eigenvalue weighted by Crippen LogP contribution is 2.26. The Morgan fingerprint density at radius 3 is 2.61 bits per heavy atom. The van der Waals surface area contributed by atoms with E-state index in [1.165, 1.54) is 12.3 Å². The molecule has 144 valence electrons. The van der Waals surface area contributed by atoms with Crippen LogP contribution >= 0.6 is 15.9 Å². The fraction of sp³-hybridized carbons (Fsp3) is 0.158. The van der Waals surface area contributed by atoms with Crippen LogP contribution in [-0.4, -0.2) is 26.5 Å². The van der Waals surface area contributed by atoms with Crippen molar-refractivity contribution in [2.45, 2.75) is 20.0 Å². The average molecular weight is 445 g/mol. The third kappa shape index (κ3) is 3.89. The van der Waals surface area contributed by atoms with Crippen molar-refractivity contribution in [1.82, 2.24) is 14.9 Å². The maximum absolute atomic E-state index is 12.8. The number of aliphatic carboxylic acids is 1. The number of amides is 1. The number of halogens is 1. The molecule has 0 aliphatic heterocycles. The quantitative estimate of drug-likeness (QED) is 0.552. The molecule has 3 rings (SSSR count). The molecule has 2 aromatic heterocycles. The average Bonchev–Trinajstić information content (AvgIpc) is 2.65. The molecule has 0 radical (unpaired) electrons. The zero-order chi connectivity index (χ0) is 20.4. The maximum atomic E-state index is 12.8. The van der Waals surface area contributed by atoms with E-state index in [9.17, 15) is 14.4 Å². The number of nitrogens with two attached hydrogens (primary N) is 1. The smallest absolute Gasteiger partial charge is 0.323 e. The number of hydrogen-bond acceptors (Lipinski definition) is 5. The molecule has 3 aromatic rings. The highest BCUT2D eigenvalue weighted by Gasteiger charge is 2.19. The third-order valence-electron chi connectivity index (χ3n) is 4.22. The number of benzene rings is 1. The minimum Gasteiger partial charge on any atom is -0.480 e. The summed E-state index contributed by atoms with van der Waals surface area (Å²) in [6.07, 6.45) is 1.38. The number of hydrogen-bond donors (Lipinski definition) is 3. The molecule has 0 spiro atoms. The molecule has 0 aliphatic rings. The van der Waals surface area contributed by atoms with E-state index in [1.54, 1.807) is 0 Å². The lowest BCUT2D eigenvalue weighted by molar-refractivity contribution is -0.137. The number of carboxylic acids is 1. The zero-order valence-corrected chi connectivity index (χ0v) is 16.5. The van der Waals surface area contributed by atoms with Crippen molar-refractivity contribution >= 4 is 44.5 Å². The van der Waals surface area contributed by atoms with E-state index < -0.39 is 24.0 Å². The van der Waals surface area contributed by atoms with Crippen LogP contribution in [0.1, 0.15) is 21.5 Å². The number of nitrogens with one attached hydrogen (secondary N) is 1. The zero-order valence-electron chi connectivity index (χ0n) is 14.9. The second kappa shape index (κ2) is 7.81. The van der Waals surface area contributed by atoms with Crippen molar-refractivity contribution in [2.75, 3.05) is 5.73 Å². The molecule has 1 aromatic carbocycles. The van der Waals surface area contributed by atoms with E-state index in [1.807, 2.05) is 31.2 Å². The molecular formula is C19H17BrN4O4. The molecule has 0 saturated heterocycles. The van der Waals surface area contributed by atoms with Crippen LogP contribution in [-0.2, 0) is 17.9 Å². The molecule has 4 N–H and O–H groups in total. The van der Waals surface area contributed by atoms with Crippen LogP contribution in [0.4, 0.5) is 5.69 Å². The van der Waals surface area contributed by atoms with Gasteiger partial charge in [0.15, 0.2) is 0 Å². The number of carboxylic acid groups (broad SMARTS) is 1. The number of aromatic nitrogens is 2. The normalized spacial score (nSPS) is 10.8. The number of nitrogen functional groups attached to an aromatic ring is 1. The molecule has 0 fully saturated rings. The van der Waals surface area contributed by atoms with Crippen molar-refractivity contribution in [3.63, 3.8) is 0 Å². The standard InChI is InChI=1S/C19H17BrN4O4/c1-10-2-4-11(5-3-10)7-23-18(27)13-6-12-16(21)14(20)8-22-17(12)24(19(13)28)9-15(25)26/h2-6,8H,7,9H2,1H3,(H2,21,22)(H,23,27)(H,25,26). The summed E-state index contributed by atoms with van der Waals surface area (Å²) in [6.45, 7) is 1.54. The second-order valence-electron chi connectivity index (χ2n) is 6.27. The first-order chi connectivity index (χ1) is 13.3. The Labute approximate surface area is 168 Å². The van der Waals surface area contributed by atoms with Gasteiger partial charge in [0.2, 0.25) is 0 Å². The number of pyridine rings is 2. The Morgan fingerprint density at radius 2 is 1.96 bits per heavy atom. The first kappa shape index (κ1) is 19.6. The van der Waals surface area contributed by atoms with Crippen molar-refractivity contribution in [2.24, 2.45) is 0 Å². The van der Waals surface area contributed by atoms with Gasteiger partial charge in [0.1, 0.15) is 17.8 Å². The highest BCUT2D eigenvalue weighted by molar-refractivity contribution is 9.10. The van der Waals surface area contributed by atoms with Crippen LogP contribution in [0.25, 0.3) is 11.0 Å². The SMILES string of the molecule is Cc1ccc(CNC(=O)c2cc3c(N)c(Br)cnc3n(CC(=O)O)c2=O)cc1. The molecule has 9 heteroatoms. The van der Waals surface area contributed by atoms with Gasteiger partial charge in [0, 0.05) is 18.1 Å². The second-order valence-corrected chi connectivity index (χ2v) is 7.12. The molecule has 0 saturated carbocycles. The van der Waals surface area contributed by atoms with Crippen LogP contribution in [0.15, 0.2) is 45.8 Å². The summed E-state index contributed by atoms with van der Waals surface area (Å²) in [5.74, 6) is -1.85. The van der Waals surface area contributed by atoms with Crippen molar-refractivity contribution in [3.05, 3.63) is 68.0 Å². The van der Waals surface area contributed by atoms with Gasteiger partial charge < -0.3 is 16.2 Å². The summed E-state index contributed by atoms with van der Waals surface area (Å²) in [5, 5.41) is 12.1. The Hall–Kier alpha value is -3.20. The Morgan fingerprint density at radius 1 is 1.29 bits per heavy atom. The molecular weight excluding hydrogens is 428 g/mol. The van der Waals surface area contributed by atoms with Crippen molar-refractivity contribution in [3.8, 4) is 0 Å². The molecule has 0 bridgehead atoms. The molecule has 1 amide bonds. The van der Waals surface area contributed by atoms with Crippen LogP contribution in [0.3, 0.4) is 0 Å². The lowest BCUT2D eigenvalue weighted by Gasteiger charge is -2.13. The minimum absolute atomic E-state index is 0.100. The first-order valence-electron chi connectivity index (χ1n) is 8.31. The van der Waals surface area contributed by atoms with Crippen LogP contribution in [0.5, 0.6) is 0 Å². The molecule has 2 heterocycles. The number of nitrogens with zero attached hydrogens (tertiary/aromatic N) is 2. The van der Waals surface area contributed by atoms with Gasteiger partial charge in [-0.15, -0.1) is 0 Å². The van der Waals surface area contributed by atoms with Gasteiger partial charge in [0.05, 0.1) is 10.2 Å². The topological polar surface area (TPSA) is 127 Å². The molecule has 28 heavy (non-hydrogen) atoms. The summed E-state index contributed by atoms with van der Waals surface area (Å²) in [5.41, 5.74) is 7.41. The molecule has 8 nitrogen and oxygen atoms in total. The predicted octanol–water partition coefficient (Wildman–Crippen LogP) is 2.06. The van der Waals surface area contributed by atoms with E-state index in [0.29, 0.717) is 9.86 Å². The number of anilines is 1. The fourth-order valence-electron chi connectivity index (χ4n) is 2.74. The lowest BCUT2D eigenvalue weighted by atomic mass is 10.1. The molecule has 0 aliphatic carbocycles. The molecule has 0 atom stereocenters. The number of fused-ring (bicyclic) bond motifs is 1. The predicted molar refractivity (Wildman–Crippen MR) is 108 cm³/mol. The van der Waals surface area contributed by atoms with E-state index in [4.69, 9.17) is 10.8 Å². The largest absolute Gasteiger partial charge is 0.480 e. The fourth-order valence-corrected chi connectivity index (χ4v) is 3.06. The summed E-state index contributed by atoms with van der Waals surface area (Å²) in [4.78, 5) is 40.7. The Kier molecular flexibility index (Phi) is 5.46. The third-order valence-corrected chi connectivity index (χ3v) is 4.85. The van der Waals surface area contributed by atoms with Gasteiger partial charge in [-0.05, 0) is 34.5 Å². The van der Waals surface area contributed by atoms with E-state index in [2.05, 4.69) is 26.2 Å². The van der Waals surface area contributed by atoms with Gasteiger partial charge in [-0.3, -0.25) is 19.0 Å². The lowest BCUT2D eigenvalue weighted by Crippen LogP contribution is -2.34. The molecule has 0 unspecified atom stereocenters. The van der Waals surface area contributed by atoms with E-state index in [0.717, 1.165) is 15.7 Å². The summed E-state index contributed by atoms with van der Waals surface area (Å²) in [6, 6.07) is 8.92. The number of carbonyl (C=O) groups excluding carboxylic acids is 1. The van der Waals surface area contributed by atoms with Crippen LogP contribution in [0, 0.1) is 6.92 Å². The summed E-state index contributed by atoms with van der Waals surface area (Å²) in [7, 11) is 0.